The number of fused-ring (bicyclic) bond motifs is 5. The fourth-order valence-corrected chi connectivity index (χ4v) is 5.61. The maximum absolute atomic E-state index is 10.5. The molecule has 3 aliphatic carbocycles. The Balaban J connectivity index is 1.77. The van der Waals surface area contributed by atoms with Crippen molar-refractivity contribution in [3.63, 3.8) is 0 Å². The van der Waals surface area contributed by atoms with E-state index < -0.39 is 18.3 Å². The lowest BCUT2D eigenvalue weighted by Gasteiger charge is -2.51. The van der Waals surface area contributed by atoms with Gasteiger partial charge in [0.25, 0.3) is 0 Å². The summed E-state index contributed by atoms with van der Waals surface area (Å²) in [6.45, 7) is 2.09. The van der Waals surface area contributed by atoms with Crippen LogP contribution >= 0.6 is 0 Å². The Hall–Kier alpha value is -1.10. The molecular formula is C18H24O4. The van der Waals surface area contributed by atoms with Crippen LogP contribution in [-0.2, 0) is 0 Å². The van der Waals surface area contributed by atoms with E-state index in [-0.39, 0.29) is 23.0 Å². The predicted molar refractivity (Wildman–Crippen MR) is 81.4 cm³/mol. The van der Waals surface area contributed by atoms with Crippen LogP contribution in [0.3, 0.4) is 0 Å². The van der Waals surface area contributed by atoms with Gasteiger partial charge in [0.05, 0.1) is 18.3 Å². The van der Waals surface area contributed by atoms with Gasteiger partial charge >= 0.3 is 0 Å². The summed E-state index contributed by atoms with van der Waals surface area (Å²) >= 11 is 0. The molecule has 4 nitrogen and oxygen atoms in total. The van der Waals surface area contributed by atoms with Crippen molar-refractivity contribution in [1.82, 2.24) is 0 Å². The third-order valence-corrected chi connectivity index (χ3v) is 6.70. The van der Waals surface area contributed by atoms with Crippen molar-refractivity contribution >= 4 is 0 Å². The van der Waals surface area contributed by atoms with E-state index >= 15 is 0 Å². The van der Waals surface area contributed by atoms with E-state index in [0.717, 1.165) is 24.0 Å². The molecule has 0 radical (unpaired) electrons. The molecule has 4 N–H and O–H groups in total. The molecule has 0 bridgehead atoms. The largest absolute Gasteiger partial charge is 0.508 e. The van der Waals surface area contributed by atoms with Crippen LogP contribution < -0.4 is 0 Å². The van der Waals surface area contributed by atoms with Crippen LogP contribution in [0.5, 0.6) is 5.75 Å². The number of phenolic OH excluding ortho intramolecular Hbond substituents is 1. The molecule has 0 aromatic heterocycles. The zero-order valence-corrected chi connectivity index (χ0v) is 12.8. The Morgan fingerprint density at radius 3 is 2.64 bits per heavy atom. The van der Waals surface area contributed by atoms with Crippen molar-refractivity contribution in [3.8, 4) is 5.75 Å². The fraction of sp³-hybridized carbons (Fsp3) is 0.667. The Bertz CT molecular complexity index is 601. The van der Waals surface area contributed by atoms with Gasteiger partial charge in [0.2, 0.25) is 0 Å². The van der Waals surface area contributed by atoms with Crippen molar-refractivity contribution in [3.05, 3.63) is 29.3 Å². The normalized spacial score (nSPS) is 46.7. The third-order valence-electron chi connectivity index (χ3n) is 6.70. The van der Waals surface area contributed by atoms with E-state index in [1.54, 1.807) is 12.1 Å². The Morgan fingerprint density at radius 2 is 1.86 bits per heavy atom. The average molecular weight is 304 g/mol. The lowest BCUT2D eigenvalue weighted by Crippen LogP contribution is -2.46. The minimum absolute atomic E-state index is 0.0397. The first-order valence-corrected chi connectivity index (χ1v) is 8.29. The first kappa shape index (κ1) is 14.5. The molecule has 22 heavy (non-hydrogen) atoms. The quantitative estimate of drug-likeness (QED) is 0.591. The summed E-state index contributed by atoms with van der Waals surface area (Å²) in [5, 5.41) is 41.1. The summed E-state index contributed by atoms with van der Waals surface area (Å²) < 4.78 is 0. The molecule has 3 aliphatic rings. The first-order chi connectivity index (χ1) is 10.4. The highest BCUT2D eigenvalue weighted by molar-refractivity contribution is 5.41. The number of aromatic hydroxyl groups is 1. The van der Waals surface area contributed by atoms with E-state index in [1.807, 2.05) is 6.07 Å². The van der Waals surface area contributed by atoms with E-state index in [1.165, 1.54) is 0 Å². The second-order valence-electron chi connectivity index (χ2n) is 7.72. The topological polar surface area (TPSA) is 80.9 Å². The minimum atomic E-state index is -0.601. The summed E-state index contributed by atoms with van der Waals surface area (Å²) in [6, 6.07) is 5.27. The summed E-state index contributed by atoms with van der Waals surface area (Å²) in [5.74, 6) is 0.723. The summed E-state index contributed by atoms with van der Waals surface area (Å²) in [4.78, 5) is 0. The number of hydrogen-bond acceptors (Lipinski definition) is 4. The van der Waals surface area contributed by atoms with Crippen molar-refractivity contribution in [2.45, 2.75) is 56.8 Å². The van der Waals surface area contributed by atoms with Gasteiger partial charge in [-0.3, -0.25) is 0 Å². The predicted octanol–water partition coefficient (Wildman–Crippen LogP) is 2.07. The molecule has 2 unspecified atom stereocenters. The Kier molecular flexibility index (Phi) is 3.09. The third kappa shape index (κ3) is 1.81. The van der Waals surface area contributed by atoms with Gasteiger partial charge in [-0.1, -0.05) is 13.0 Å². The average Bonchev–Trinajstić information content (AvgIpc) is 2.69. The standard InChI is InChI=1S/C18H24O4/c1-18-5-4-11-10-3-2-9(19)6-12(10)14(20)7-13(11)17(18)15(21)8-16(18)22/h2-3,6,11,13-17,19-22H,4-5,7-8H2,1H3/t11-,13-,14?,15?,16+,17-,18-/m1/s1. The Labute approximate surface area is 130 Å². The van der Waals surface area contributed by atoms with Crippen molar-refractivity contribution in [2.75, 3.05) is 0 Å². The minimum Gasteiger partial charge on any atom is -0.508 e. The van der Waals surface area contributed by atoms with Gasteiger partial charge in [-0.05, 0) is 65.7 Å². The maximum Gasteiger partial charge on any atom is 0.115 e. The molecule has 7 atom stereocenters. The zero-order chi connectivity index (χ0) is 15.6. The molecular weight excluding hydrogens is 280 g/mol. The molecule has 2 saturated carbocycles. The van der Waals surface area contributed by atoms with Crippen molar-refractivity contribution < 1.29 is 20.4 Å². The molecule has 0 aliphatic heterocycles. The highest BCUT2D eigenvalue weighted by Gasteiger charge is 2.59. The number of aliphatic hydroxyl groups is 3. The molecule has 0 saturated heterocycles. The van der Waals surface area contributed by atoms with E-state index in [0.29, 0.717) is 18.8 Å². The van der Waals surface area contributed by atoms with E-state index in [9.17, 15) is 20.4 Å². The first-order valence-electron chi connectivity index (χ1n) is 8.29. The number of benzene rings is 1. The lowest BCUT2D eigenvalue weighted by atomic mass is 9.54. The molecule has 0 heterocycles. The number of rotatable bonds is 0. The highest BCUT2D eigenvalue weighted by Crippen LogP contribution is 2.62. The van der Waals surface area contributed by atoms with Gasteiger partial charge in [-0.15, -0.1) is 0 Å². The van der Waals surface area contributed by atoms with Crippen LogP contribution in [0.2, 0.25) is 0 Å². The zero-order valence-electron chi connectivity index (χ0n) is 12.8. The number of aliphatic hydroxyl groups excluding tert-OH is 3. The van der Waals surface area contributed by atoms with Crippen LogP contribution in [0.15, 0.2) is 18.2 Å². The highest BCUT2D eigenvalue weighted by atomic mass is 16.3. The van der Waals surface area contributed by atoms with Gasteiger partial charge in [-0.2, -0.15) is 0 Å². The molecule has 1 aromatic carbocycles. The van der Waals surface area contributed by atoms with Crippen LogP contribution in [0.1, 0.15) is 55.8 Å². The van der Waals surface area contributed by atoms with Crippen LogP contribution in [0.25, 0.3) is 0 Å². The molecule has 1 aromatic rings. The van der Waals surface area contributed by atoms with Gasteiger partial charge in [0.1, 0.15) is 5.75 Å². The second kappa shape index (κ2) is 4.70. The van der Waals surface area contributed by atoms with Crippen LogP contribution in [-0.4, -0.2) is 32.6 Å². The summed E-state index contributed by atoms with van der Waals surface area (Å²) in [7, 11) is 0. The van der Waals surface area contributed by atoms with E-state index in [4.69, 9.17) is 0 Å². The second-order valence-corrected chi connectivity index (χ2v) is 7.72. The maximum atomic E-state index is 10.5. The van der Waals surface area contributed by atoms with Gasteiger partial charge < -0.3 is 20.4 Å². The molecule has 0 spiro atoms. The van der Waals surface area contributed by atoms with Gasteiger partial charge in [0.15, 0.2) is 0 Å². The van der Waals surface area contributed by atoms with E-state index in [2.05, 4.69) is 6.92 Å². The summed E-state index contributed by atoms with van der Waals surface area (Å²) in [6.07, 6.45) is 1.37. The van der Waals surface area contributed by atoms with Crippen LogP contribution in [0.4, 0.5) is 0 Å². The number of phenols is 1. The molecule has 4 rings (SSSR count). The number of hydrogen-bond donors (Lipinski definition) is 4. The fourth-order valence-electron chi connectivity index (χ4n) is 5.61. The SMILES string of the molecule is C[C@]12CC[C@@H]3c4ccc(O)cc4C(O)C[C@H]3[C@@H]1C(O)C[C@@H]2O. The molecule has 0 amide bonds. The molecule has 4 heteroatoms. The van der Waals surface area contributed by atoms with Gasteiger partial charge in [-0.25, -0.2) is 0 Å². The van der Waals surface area contributed by atoms with Crippen molar-refractivity contribution in [1.29, 1.82) is 0 Å². The van der Waals surface area contributed by atoms with Crippen LogP contribution in [0, 0.1) is 17.3 Å². The lowest BCUT2D eigenvalue weighted by molar-refractivity contribution is -0.0586. The van der Waals surface area contributed by atoms with Gasteiger partial charge in [0, 0.05) is 6.42 Å². The van der Waals surface area contributed by atoms with Crippen molar-refractivity contribution in [2.24, 2.45) is 17.3 Å². The smallest absolute Gasteiger partial charge is 0.115 e. The Morgan fingerprint density at radius 1 is 1.09 bits per heavy atom. The summed E-state index contributed by atoms with van der Waals surface area (Å²) in [5.41, 5.74) is 1.70. The molecule has 2 fully saturated rings. The molecule has 120 valence electrons. The monoisotopic (exact) mass is 304 g/mol.